The number of nitrogens with one attached hydrogen (secondary N) is 1. The lowest BCUT2D eigenvalue weighted by atomic mass is 10.1. The molecule has 0 spiro atoms. The van der Waals surface area contributed by atoms with Gasteiger partial charge in [-0.15, -0.1) is 0 Å². The van der Waals surface area contributed by atoms with Crippen LogP contribution < -0.4 is 11.1 Å². The fraction of sp³-hybridized carbons (Fsp3) is 0.250. The highest BCUT2D eigenvalue weighted by molar-refractivity contribution is 5.85. The summed E-state index contributed by atoms with van der Waals surface area (Å²) in [7, 11) is 0. The Hall–Kier alpha value is -3.22. The molecule has 0 saturated carbocycles. The van der Waals surface area contributed by atoms with E-state index in [-0.39, 0.29) is 0 Å². The molecule has 0 unspecified atom stereocenters. The van der Waals surface area contributed by atoms with E-state index in [0.29, 0.717) is 32.3 Å². The Labute approximate surface area is 175 Å². The number of hydrogen-bond donors (Lipinski definition) is 2. The number of nitrogens with zero attached hydrogens (tertiary/aromatic N) is 3. The maximum atomic E-state index is 5.85. The minimum absolute atomic E-state index is 0.539. The highest BCUT2D eigenvalue weighted by Gasteiger charge is 2.20. The van der Waals surface area contributed by atoms with Crippen LogP contribution in [0.15, 0.2) is 60.8 Å². The maximum Gasteiger partial charge on any atom is 0.236 e. The van der Waals surface area contributed by atoms with E-state index in [0.717, 1.165) is 35.4 Å². The van der Waals surface area contributed by atoms with Crippen LogP contribution in [0.25, 0.3) is 16.9 Å². The molecule has 0 fully saturated rings. The summed E-state index contributed by atoms with van der Waals surface area (Å²) in [6, 6.07) is 18.7. The molecule has 5 rings (SSSR count). The molecular formula is C24H25N5O. The van der Waals surface area contributed by atoms with Crippen LogP contribution in [-0.4, -0.2) is 27.7 Å². The molecular weight excluding hydrogens is 374 g/mol. The van der Waals surface area contributed by atoms with Crippen LogP contribution in [-0.2, 0) is 30.7 Å². The highest BCUT2D eigenvalue weighted by atomic mass is 16.5. The standard InChI is InChI=1S/C24H25N5O/c25-12-10-18-15-29(22-9-5-4-8-19(18)22)24-27-21-11-13-30-16-20(21)23(28-24)26-14-17-6-2-1-3-7-17/h1-9,15H,10-14,16,25H2,(H,26,27,28). The molecule has 6 heteroatoms. The smallest absolute Gasteiger partial charge is 0.236 e. The van der Waals surface area contributed by atoms with Crippen molar-refractivity contribution in [1.29, 1.82) is 0 Å². The lowest BCUT2D eigenvalue weighted by Crippen LogP contribution is -2.18. The zero-order valence-corrected chi connectivity index (χ0v) is 16.8. The zero-order valence-electron chi connectivity index (χ0n) is 16.8. The molecule has 1 aliphatic rings. The van der Waals surface area contributed by atoms with Crippen molar-refractivity contribution in [2.45, 2.75) is 26.0 Å². The Morgan fingerprint density at radius 1 is 1.03 bits per heavy atom. The first-order valence-electron chi connectivity index (χ1n) is 10.4. The van der Waals surface area contributed by atoms with E-state index >= 15 is 0 Å². The number of ether oxygens (including phenoxy) is 1. The third-order valence-corrected chi connectivity index (χ3v) is 5.54. The largest absolute Gasteiger partial charge is 0.376 e. The van der Waals surface area contributed by atoms with Crippen LogP contribution in [0.5, 0.6) is 0 Å². The summed E-state index contributed by atoms with van der Waals surface area (Å²) < 4.78 is 7.79. The normalized spacial score (nSPS) is 13.4. The third kappa shape index (κ3) is 3.56. The lowest BCUT2D eigenvalue weighted by Gasteiger charge is -2.20. The van der Waals surface area contributed by atoms with Gasteiger partial charge in [-0.1, -0.05) is 48.5 Å². The van der Waals surface area contributed by atoms with Gasteiger partial charge in [-0.3, -0.25) is 4.57 Å². The number of aromatic nitrogens is 3. The molecule has 6 nitrogen and oxygen atoms in total. The van der Waals surface area contributed by atoms with Gasteiger partial charge >= 0.3 is 0 Å². The first kappa shape index (κ1) is 18.8. The average molecular weight is 399 g/mol. The lowest BCUT2D eigenvalue weighted by molar-refractivity contribution is 0.109. The predicted octanol–water partition coefficient (Wildman–Crippen LogP) is 3.61. The van der Waals surface area contributed by atoms with Gasteiger partial charge in [-0.25, -0.2) is 4.98 Å². The van der Waals surface area contributed by atoms with Crippen molar-refractivity contribution in [1.82, 2.24) is 14.5 Å². The molecule has 0 radical (unpaired) electrons. The number of benzene rings is 2. The Morgan fingerprint density at radius 3 is 2.73 bits per heavy atom. The molecule has 2 aromatic carbocycles. The number of rotatable bonds is 6. The number of para-hydroxylation sites is 1. The minimum Gasteiger partial charge on any atom is -0.376 e. The van der Waals surface area contributed by atoms with E-state index in [2.05, 4.69) is 46.4 Å². The monoisotopic (exact) mass is 399 g/mol. The maximum absolute atomic E-state index is 5.85. The molecule has 0 atom stereocenters. The summed E-state index contributed by atoms with van der Waals surface area (Å²) in [6.45, 7) is 2.54. The molecule has 3 N–H and O–H groups in total. The Kier molecular flexibility index (Phi) is 5.17. The van der Waals surface area contributed by atoms with E-state index in [1.807, 2.05) is 24.3 Å². The summed E-state index contributed by atoms with van der Waals surface area (Å²) in [5.74, 6) is 1.53. The number of anilines is 1. The van der Waals surface area contributed by atoms with Crippen LogP contribution in [0.3, 0.4) is 0 Å². The first-order valence-corrected chi connectivity index (χ1v) is 10.4. The van der Waals surface area contributed by atoms with Crippen LogP contribution in [0.2, 0.25) is 0 Å². The summed E-state index contributed by atoms with van der Waals surface area (Å²) in [5, 5.41) is 4.72. The fourth-order valence-corrected chi connectivity index (χ4v) is 4.02. The van der Waals surface area contributed by atoms with Gasteiger partial charge < -0.3 is 15.8 Å². The molecule has 30 heavy (non-hydrogen) atoms. The van der Waals surface area contributed by atoms with E-state index in [4.69, 9.17) is 20.4 Å². The second-order valence-electron chi connectivity index (χ2n) is 7.52. The topological polar surface area (TPSA) is 78.0 Å². The van der Waals surface area contributed by atoms with Gasteiger partial charge in [0.2, 0.25) is 5.95 Å². The van der Waals surface area contributed by atoms with Crippen LogP contribution in [0, 0.1) is 0 Å². The zero-order chi connectivity index (χ0) is 20.3. The van der Waals surface area contributed by atoms with Crippen molar-refractivity contribution in [3.8, 4) is 5.95 Å². The minimum atomic E-state index is 0.539. The van der Waals surface area contributed by atoms with Crippen molar-refractivity contribution in [2.75, 3.05) is 18.5 Å². The summed E-state index contributed by atoms with van der Waals surface area (Å²) >= 11 is 0. The Morgan fingerprint density at radius 2 is 1.87 bits per heavy atom. The molecule has 152 valence electrons. The molecule has 0 bridgehead atoms. The third-order valence-electron chi connectivity index (χ3n) is 5.54. The Bertz CT molecular complexity index is 1170. The fourth-order valence-electron chi connectivity index (χ4n) is 4.02. The van der Waals surface area contributed by atoms with Crippen molar-refractivity contribution in [3.05, 3.63) is 83.2 Å². The summed E-state index contributed by atoms with van der Waals surface area (Å²) in [4.78, 5) is 9.85. The number of fused-ring (bicyclic) bond motifs is 2. The Balaban J connectivity index is 1.58. The molecule has 0 aliphatic carbocycles. The summed E-state index contributed by atoms with van der Waals surface area (Å²) in [5.41, 5.74) is 11.5. The summed E-state index contributed by atoms with van der Waals surface area (Å²) in [6.07, 6.45) is 3.74. The molecule has 4 aromatic rings. The van der Waals surface area contributed by atoms with Gasteiger partial charge in [0.15, 0.2) is 0 Å². The molecule has 0 saturated heterocycles. The SMILES string of the molecule is NCCc1cn(-c2nc3c(c(NCc4ccccc4)n2)COCC3)c2ccccc12. The molecule has 3 heterocycles. The van der Waals surface area contributed by atoms with Crippen molar-refractivity contribution in [2.24, 2.45) is 5.73 Å². The second-order valence-corrected chi connectivity index (χ2v) is 7.52. The quantitative estimate of drug-likeness (QED) is 0.518. The molecule has 0 amide bonds. The van der Waals surface area contributed by atoms with Crippen LogP contribution in [0.1, 0.15) is 22.4 Å². The van der Waals surface area contributed by atoms with Gasteiger partial charge in [0.25, 0.3) is 0 Å². The van der Waals surface area contributed by atoms with E-state index in [1.54, 1.807) is 0 Å². The predicted molar refractivity (Wildman–Crippen MR) is 119 cm³/mol. The van der Waals surface area contributed by atoms with E-state index in [9.17, 15) is 0 Å². The highest BCUT2D eigenvalue weighted by Crippen LogP contribution is 2.28. The van der Waals surface area contributed by atoms with Gasteiger partial charge in [0, 0.05) is 30.1 Å². The number of hydrogen-bond acceptors (Lipinski definition) is 5. The van der Waals surface area contributed by atoms with Crippen LogP contribution in [0.4, 0.5) is 5.82 Å². The molecule has 2 aromatic heterocycles. The molecule has 1 aliphatic heterocycles. The second kappa shape index (κ2) is 8.26. The van der Waals surface area contributed by atoms with Crippen molar-refractivity contribution >= 4 is 16.7 Å². The van der Waals surface area contributed by atoms with Crippen molar-refractivity contribution in [3.63, 3.8) is 0 Å². The van der Waals surface area contributed by atoms with E-state index in [1.165, 1.54) is 16.5 Å². The number of nitrogens with two attached hydrogens (primary N) is 1. The van der Waals surface area contributed by atoms with Gasteiger partial charge in [-0.2, -0.15) is 4.98 Å². The van der Waals surface area contributed by atoms with Crippen molar-refractivity contribution < 1.29 is 4.74 Å². The average Bonchev–Trinajstić information content (AvgIpc) is 3.17. The van der Waals surface area contributed by atoms with Gasteiger partial charge in [-0.05, 0) is 30.2 Å². The van der Waals surface area contributed by atoms with Gasteiger partial charge in [0.1, 0.15) is 5.82 Å². The van der Waals surface area contributed by atoms with E-state index < -0.39 is 0 Å². The first-order chi connectivity index (χ1) is 14.8. The van der Waals surface area contributed by atoms with Gasteiger partial charge in [0.05, 0.1) is 24.4 Å². The van der Waals surface area contributed by atoms with Crippen LogP contribution >= 0.6 is 0 Å².